The number of ether oxygens (including phenoxy) is 1. The summed E-state index contributed by atoms with van der Waals surface area (Å²) < 4.78 is 5.40. The van der Waals surface area contributed by atoms with E-state index in [9.17, 15) is 0 Å². The van der Waals surface area contributed by atoms with E-state index in [-0.39, 0.29) is 0 Å². The molecule has 0 radical (unpaired) electrons. The number of nitrogens with one attached hydrogen (secondary N) is 1. The van der Waals surface area contributed by atoms with Gasteiger partial charge in [-0.1, -0.05) is 6.07 Å². The molecule has 0 unspecified atom stereocenters. The Labute approximate surface area is 85.3 Å². The quantitative estimate of drug-likeness (QED) is 0.775. The monoisotopic (exact) mass is 191 g/mol. The van der Waals surface area contributed by atoms with Crippen LogP contribution in [-0.2, 0) is 17.8 Å². The van der Waals surface area contributed by atoms with Gasteiger partial charge >= 0.3 is 0 Å². The van der Waals surface area contributed by atoms with E-state index in [4.69, 9.17) is 4.74 Å². The van der Waals surface area contributed by atoms with Gasteiger partial charge in [-0.15, -0.1) is 0 Å². The van der Waals surface area contributed by atoms with Crippen molar-refractivity contribution in [1.29, 1.82) is 0 Å². The lowest BCUT2D eigenvalue weighted by molar-refractivity contribution is 0.111. The highest BCUT2D eigenvalue weighted by Crippen LogP contribution is 2.21. The number of rotatable bonds is 2. The van der Waals surface area contributed by atoms with E-state index in [1.807, 2.05) is 0 Å². The van der Waals surface area contributed by atoms with Crippen LogP contribution >= 0.6 is 0 Å². The molecule has 0 saturated heterocycles. The lowest BCUT2D eigenvalue weighted by Gasteiger charge is -2.18. The molecule has 2 rings (SSSR count). The zero-order chi connectivity index (χ0) is 9.97. The van der Waals surface area contributed by atoms with Crippen LogP contribution in [0.3, 0.4) is 0 Å². The van der Waals surface area contributed by atoms with Crippen molar-refractivity contribution < 1.29 is 4.74 Å². The second-order valence-corrected chi connectivity index (χ2v) is 4.09. The van der Waals surface area contributed by atoms with E-state index in [2.05, 4.69) is 37.4 Å². The van der Waals surface area contributed by atoms with Crippen molar-refractivity contribution >= 4 is 5.69 Å². The highest BCUT2D eigenvalue weighted by Gasteiger charge is 2.09. The molecule has 0 aromatic heterocycles. The highest BCUT2D eigenvalue weighted by atomic mass is 16.5. The van der Waals surface area contributed by atoms with Gasteiger partial charge in [-0.3, -0.25) is 0 Å². The molecule has 1 heterocycles. The molecule has 0 saturated carbocycles. The van der Waals surface area contributed by atoms with Gasteiger partial charge in [0.25, 0.3) is 0 Å². The summed E-state index contributed by atoms with van der Waals surface area (Å²) in [6, 6.07) is 7.04. The SMILES string of the molecule is CC(C)Nc1ccc2c(c1)CCOC2. The van der Waals surface area contributed by atoms with Crippen molar-refractivity contribution in [3.8, 4) is 0 Å². The molecule has 0 amide bonds. The Balaban J connectivity index is 2.20. The molecular formula is C12H17NO. The van der Waals surface area contributed by atoms with E-state index in [1.165, 1.54) is 16.8 Å². The van der Waals surface area contributed by atoms with Gasteiger partial charge in [0.05, 0.1) is 13.2 Å². The molecule has 2 heteroatoms. The van der Waals surface area contributed by atoms with Crippen LogP contribution < -0.4 is 5.32 Å². The van der Waals surface area contributed by atoms with Gasteiger partial charge < -0.3 is 10.1 Å². The van der Waals surface area contributed by atoms with Gasteiger partial charge in [-0.05, 0) is 43.5 Å². The van der Waals surface area contributed by atoms with Crippen molar-refractivity contribution in [3.05, 3.63) is 29.3 Å². The Kier molecular flexibility index (Phi) is 2.73. The van der Waals surface area contributed by atoms with Crippen LogP contribution in [-0.4, -0.2) is 12.6 Å². The molecule has 76 valence electrons. The first-order chi connectivity index (χ1) is 6.75. The molecular weight excluding hydrogens is 174 g/mol. The summed E-state index contributed by atoms with van der Waals surface area (Å²) in [5, 5.41) is 3.41. The summed E-state index contributed by atoms with van der Waals surface area (Å²) in [7, 11) is 0. The van der Waals surface area contributed by atoms with Crippen LogP contribution in [0, 0.1) is 0 Å². The molecule has 1 aromatic rings. The van der Waals surface area contributed by atoms with Crippen molar-refractivity contribution in [2.75, 3.05) is 11.9 Å². The van der Waals surface area contributed by atoms with Gasteiger partial charge in [0.2, 0.25) is 0 Å². The van der Waals surface area contributed by atoms with Crippen LogP contribution in [0.4, 0.5) is 5.69 Å². The average molecular weight is 191 g/mol. The third-order valence-corrected chi connectivity index (χ3v) is 2.43. The Morgan fingerprint density at radius 3 is 2.93 bits per heavy atom. The van der Waals surface area contributed by atoms with Crippen LogP contribution in [0.1, 0.15) is 25.0 Å². The summed E-state index contributed by atoms with van der Waals surface area (Å²) in [6.45, 7) is 5.94. The topological polar surface area (TPSA) is 21.3 Å². The van der Waals surface area contributed by atoms with Gasteiger partial charge in [0.15, 0.2) is 0 Å². The molecule has 1 aliphatic heterocycles. The third kappa shape index (κ3) is 2.07. The van der Waals surface area contributed by atoms with Crippen LogP contribution in [0.25, 0.3) is 0 Å². The second-order valence-electron chi connectivity index (χ2n) is 4.09. The zero-order valence-corrected chi connectivity index (χ0v) is 8.84. The lowest BCUT2D eigenvalue weighted by atomic mass is 10.0. The minimum atomic E-state index is 0.493. The van der Waals surface area contributed by atoms with Crippen molar-refractivity contribution in [3.63, 3.8) is 0 Å². The predicted octanol–water partition coefficient (Wildman–Crippen LogP) is 2.58. The van der Waals surface area contributed by atoms with E-state index in [1.54, 1.807) is 0 Å². The maximum Gasteiger partial charge on any atom is 0.0719 e. The summed E-state index contributed by atoms with van der Waals surface area (Å²) >= 11 is 0. The molecule has 0 bridgehead atoms. The molecule has 2 nitrogen and oxygen atoms in total. The minimum Gasteiger partial charge on any atom is -0.383 e. The van der Waals surface area contributed by atoms with Crippen LogP contribution in [0.15, 0.2) is 18.2 Å². The molecule has 0 aliphatic carbocycles. The largest absolute Gasteiger partial charge is 0.383 e. The van der Waals surface area contributed by atoms with Gasteiger partial charge in [-0.2, -0.15) is 0 Å². The van der Waals surface area contributed by atoms with Crippen LogP contribution in [0.2, 0.25) is 0 Å². The highest BCUT2D eigenvalue weighted by molar-refractivity contribution is 5.49. The number of fused-ring (bicyclic) bond motifs is 1. The molecule has 0 atom stereocenters. The first-order valence-corrected chi connectivity index (χ1v) is 5.22. The predicted molar refractivity (Wildman–Crippen MR) is 58.6 cm³/mol. The summed E-state index contributed by atoms with van der Waals surface area (Å²) in [4.78, 5) is 0. The lowest BCUT2D eigenvalue weighted by Crippen LogP contribution is -2.13. The number of hydrogen-bond acceptors (Lipinski definition) is 2. The van der Waals surface area contributed by atoms with Gasteiger partial charge in [0.1, 0.15) is 0 Å². The minimum absolute atomic E-state index is 0.493. The Hall–Kier alpha value is -1.02. The van der Waals surface area contributed by atoms with Crippen molar-refractivity contribution in [2.45, 2.75) is 32.9 Å². The van der Waals surface area contributed by atoms with Crippen molar-refractivity contribution in [1.82, 2.24) is 0 Å². The van der Waals surface area contributed by atoms with Crippen LogP contribution in [0.5, 0.6) is 0 Å². The Morgan fingerprint density at radius 2 is 2.14 bits per heavy atom. The van der Waals surface area contributed by atoms with Gasteiger partial charge in [-0.25, -0.2) is 0 Å². The summed E-state index contributed by atoms with van der Waals surface area (Å²) in [6.07, 6.45) is 1.04. The third-order valence-electron chi connectivity index (χ3n) is 2.43. The molecule has 14 heavy (non-hydrogen) atoms. The zero-order valence-electron chi connectivity index (χ0n) is 8.84. The fourth-order valence-corrected chi connectivity index (χ4v) is 1.79. The average Bonchev–Trinajstić information content (AvgIpc) is 2.17. The van der Waals surface area contributed by atoms with E-state index in [0.717, 1.165) is 19.6 Å². The maximum absolute atomic E-state index is 5.40. The fourth-order valence-electron chi connectivity index (χ4n) is 1.79. The normalized spacial score (nSPS) is 15.4. The summed E-state index contributed by atoms with van der Waals surface area (Å²) in [5.74, 6) is 0. The van der Waals surface area contributed by atoms with E-state index < -0.39 is 0 Å². The molecule has 1 N–H and O–H groups in total. The smallest absolute Gasteiger partial charge is 0.0719 e. The molecule has 1 aliphatic rings. The first kappa shape index (κ1) is 9.53. The van der Waals surface area contributed by atoms with E-state index in [0.29, 0.717) is 6.04 Å². The van der Waals surface area contributed by atoms with Gasteiger partial charge in [0, 0.05) is 11.7 Å². The maximum atomic E-state index is 5.40. The first-order valence-electron chi connectivity index (χ1n) is 5.22. The van der Waals surface area contributed by atoms with E-state index >= 15 is 0 Å². The number of hydrogen-bond donors (Lipinski definition) is 1. The molecule has 0 spiro atoms. The fraction of sp³-hybridized carbons (Fsp3) is 0.500. The number of anilines is 1. The Morgan fingerprint density at radius 1 is 1.29 bits per heavy atom. The molecule has 0 fully saturated rings. The second kappa shape index (κ2) is 4.01. The van der Waals surface area contributed by atoms with Crippen molar-refractivity contribution in [2.24, 2.45) is 0 Å². The molecule has 1 aromatic carbocycles. The Bertz CT molecular complexity index is 320. The summed E-state index contributed by atoms with van der Waals surface area (Å²) in [5.41, 5.74) is 3.99. The number of benzene rings is 1. The standard InChI is InChI=1S/C12H17NO/c1-9(2)13-12-4-3-11-8-14-6-5-10(11)7-12/h3-4,7,9,13H,5-6,8H2,1-2H3.